The second-order valence-electron chi connectivity index (χ2n) is 4.54. The van der Waals surface area contributed by atoms with Gasteiger partial charge in [0.25, 0.3) is 0 Å². The van der Waals surface area contributed by atoms with E-state index in [1.54, 1.807) is 0 Å². The molecule has 0 bridgehead atoms. The average molecular weight is 293 g/mol. The van der Waals surface area contributed by atoms with Crippen molar-refractivity contribution in [3.63, 3.8) is 0 Å². The zero-order chi connectivity index (χ0) is 12.7. The van der Waals surface area contributed by atoms with Gasteiger partial charge in [0.15, 0.2) is 0 Å². The zero-order valence-electron chi connectivity index (χ0n) is 10.9. The number of halogens is 1. The van der Waals surface area contributed by atoms with E-state index in [4.69, 9.17) is 0 Å². The topological polar surface area (TPSA) is 17.8 Å². The van der Waals surface area contributed by atoms with Crippen LogP contribution in [-0.2, 0) is 7.05 Å². The van der Waals surface area contributed by atoms with E-state index in [1.807, 2.05) is 6.92 Å². The highest BCUT2D eigenvalue weighted by Gasteiger charge is 2.15. The number of imidazole rings is 1. The van der Waals surface area contributed by atoms with Gasteiger partial charge in [0.1, 0.15) is 10.4 Å². The summed E-state index contributed by atoms with van der Waals surface area (Å²) in [5.74, 6) is 1.02. The van der Waals surface area contributed by atoms with Crippen LogP contribution in [0.15, 0.2) is 16.7 Å². The lowest BCUT2D eigenvalue weighted by Crippen LogP contribution is -1.98. The highest BCUT2D eigenvalue weighted by Crippen LogP contribution is 2.32. The lowest BCUT2D eigenvalue weighted by atomic mass is 9.97. The van der Waals surface area contributed by atoms with Crippen molar-refractivity contribution in [2.45, 2.75) is 27.7 Å². The first-order valence-electron chi connectivity index (χ1n) is 5.69. The van der Waals surface area contributed by atoms with Crippen LogP contribution in [0.1, 0.15) is 22.5 Å². The molecule has 0 atom stereocenters. The second-order valence-corrected chi connectivity index (χ2v) is 5.29. The van der Waals surface area contributed by atoms with Crippen LogP contribution in [0, 0.1) is 27.7 Å². The molecule has 0 N–H and O–H groups in total. The van der Waals surface area contributed by atoms with Crippen molar-refractivity contribution in [3.05, 3.63) is 39.3 Å². The van der Waals surface area contributed by atoms with Crippen molar-refractivity contribution >= 4 is 15.9 Å². The largest absolute Gasteiger partial charge is 0.330 e. The highest BCUT2D eigenvalue weighted by molar-refractivity contribution is 9.10. The van der Waals surface area contributed by atoms with Gasteiger partial charge in [0, 0.05) is 12.6 Å². The second kappa shape index (κ2) is 4.30. The Kier molecular flexibility index (Phi) is 3.13. The number of rotatable bonds is 1. The fraction of sp³-hybridized carbons (Fsp3) is 0.357. The molecule has 1 heterocycles. The van der Waals surface area contributed by atoms with Gasteiger partial charge in [-0.05, 0) is 60.3 Å². The summed E-state index contributed by atoms with van der Waals surface area (Å²) in [5.41, 5.74) is 6.43. The molecule has 0 radical (unpaired) electrons. The van der Waals surface area contributed by atoms with Crippen LogP contribution in [0.2, 0.25) is 0 Å². The average Bonchev–Trinajstić information content (AvgIpc) is 2.52. The lowest BCUT2D eigenvalue weighted by Gasteiger charge is -2.12. The Bertz CT molecular complexity index is 582. The number of hydrogen-bond acceptors (Lipinski definition) is 1. The monoisotopic (exact) mass is 292 g/mol. The molecule has 0 spiro atoms. The van der Waals surface area contributed by atoms with Gasteiger partial charge < -0.3 is 4.57 Å². The van der Waals surface area contributed by atoms with E-state index < -0.39 is 0 Å². The van der Waals surface area contributed by atoms with Crippen molar-refractivity contribution in [1.82, 2.24) is 9.55 Å². The summed E-state index contributed by atoms with van der Waals surface area (Å²) in [6.07, 6.45) is 0. The molecule has 0 unspecified atom stereocenters. The molecule has 0 fully saturated rings. The summed E-state index contributed by atoms with van der Waals surface area (Å²) >= 11 is 3.55. The molecule has 1 aromatic heterocycles. The molecule has 2 nitrogen and oxygen atoms in total. The highest BCUT2D eigenvalue weighted by atomic mass is 79.9. The van der Waals surface area contributed by atoms with Crippen LogP contribution in [0.5, 0.6) is 0 Å². The summed E-state index contributed by atoms with van der Waals surface area (Å²) in [5, 5.41) is 0. The Labute approximate surface area is 111 Å². The summed E-state index contributed by atoms with van der Waals surface area (Å²) in [7, 11) is 2.05. The van der Waals surface area contributed by atoms with Gasteiger partial charge in [-0.3, -0.25) is 0 Å². The molecule has 0 saturated heterocycles. The lowest BCUT2D eigenvalue weighted by molar-refractivity contribution is 0.864. The van der Waals surface area contributed by atoms with Gasteiger partial charge in [-0.25, -0.2) is 4.98 Å². The molecule has 90 valence electrons. The Morgan fingerprint density at radius 1 is 1.06 bits per heavy atom. The number of hydrogen-bond donors (Lipinski definition) is 0. The smallest absolute Gasteiger partial charge is 0.132 e. The third-order valence-corrected chi connectivity index (χ3v) is 4.14. The van der Waals surface area contributed by atoms with Gasteiger partial charge in [-0.2, -0.15) is 0 Å². The Balaban J connectivity index is 2.73. The van der Waals surface area contributed by atoms with Gasteiger partial charge in [-0.15, -0.1) is 0 Å². The molecule has 1 aromatic carbocycles. The van der Waals surface area contributed by atoms with Gasteiger partial charge >= 0.3 is 0 Å². The molecule has 2 aromatic rings. The standard InChI is InChI=1S/C14H17BrN2/c1-8-6-7-12(10(3)9(8)2)13-14(15)16-11(4)17(13)5/h6-7H,1-5H3. The van der Waals surface area contributed by atoms with Crippen LogP contribution in [0.25, 0.3) is 11.3 Å². The van der Waals surface area contributed by atoms with E-state index in [1.165, 1.54) is 22.3 Å². The predicted octanol–water partition coefficient (Wildman–Crippen LogP) is 4.08. The Hall–Kier alpha value is -1.09. The van der Waals surface area contributed by atoms with Crippen LogP contribution in [0.4, 0.5) is 0 Å². The zero-order valence-corrected chi connectivity index (χ0v) is 12.5. The van der Waals surface area contributed by atoms with Gasteiger partial charge in [-0.1, -0.05) is 12.1 Å². The minimum Gasteiger partial charge on any atom is -0.330 e. The predicted molar refractivity (Wildman–Crippen MR) is 75.3 cm³/mol. The minimum atomic E-state index is 0.920. The number of benzene rings is 1. The third kappa shape index (κ3) is 1.93. The van der Waals surface area contributed by atoms with Crippen LogP contribution < -0.4 is 0 Å². The van der Waals surface area contributed by atoms with E-state index in [9.17, 15) is 0 Å². The maximum absolute atomic E-state index is 4.46. The molecule has 0 aliphatic rings. The van der Waals surface area contributed by atoms with Crippen molar-refractivity contribution in [3.8, 4) is 11.3 Å². The maximum Gasteiger partial charge on any atom is 0.132 e. The van der Waals surface area contributed by atoms with Crippen LogP contribution >= 0.6 is 15.9 Å². The fourth-order valence-corrected chi connectivity index (χ4v) is 2.81. The summed E-state index contributed by atoms with van der Waals surface area (Å²) < 4.78 is 3.05. The molecule has 3 heteroatoms. The molecule has 0 amide bonds. The maximum atomic E-state index is 4.46. The number of aryl methyl sites for hydroxylation is 2. The van der Waals surface area contributed by atoms with E-state index in [0.717, 1.165) is 16.1 Å². The first kappa shape index (κ1) is 12.4. The molecule has 0 saturated carbocycles. The Morgan fingerprint density at radius 2 is 1.71 bits per heavy atom. The van der Waals surface area contributed by atoms with E-state index in [-0.39, 0.29) is 0 Å². The van der Waals surface area contributed by atoms with Crippen molar-refractivity contribution in [2.24, 2.45) is 7.05 Å². The van der Waals surface area contributed by atoms with Crippen LogP contribution in [0.3, 0.4) is 0 Å². The minimum absolute atomic E-state index is 0.920. The van der Waals surface area contributed by atoms with Gasteiger partial charge in [0.05, 0.1) is 5.69 Å². The van der Waals surface area contributed by atoms with Crippen molar-refractivity contribution in [1.29, 1.82) is 0 Å². The third-order valence-electron chi connectivity index (χ3n) is 3.59. The van der Waals surface area contributed by atoms with Crippen LogP contribution in [-0.4, -0.2) is 9.55 Å². The van der Waals surface area contributed by atoms with Crippen molar-refractivity contribution in [2.75, 3.05) is 0 Å². The van der Waals surface area contributed by atoms with E-state index >= 15 is 0 Å². The molecular weight excluding hydrogens is 276 g/mol. The van der Waals surface area contributed by atoms with E-state index in [0.29, 0.717) is 0 Å². The molecule has 2 rings (SSSR count). The first-order valence-corrected chi connectivity index (χ1v) is 6.48. The molecule has 0 aliphatic heterocycles. The van der Waals surface area contributed by atoms with E-state index in [2.05, 4.69) is 65.4 Å². The molecular formula is C14H17BrN2. The molecule has 17 heavy (non-hydrogen) atoms. The number of aromatic nitrogens is 2. The van der Waals surface area contributed by atoms with Gasteiger partial charge in [0.2, 0.25) is 0 Å². The Morgan fingerprint density at radius 3 is 2.24 bits per heavy atom. The summed E-state index contributed by atoms with van der Waals surface area (Å²) in [6, 6.07) is 4.35. The SMILES string of the molecule is Cc1ccc(-c2c(Br)nc(C)n2C)c(C)c1C. The quantitative estimate of drug-likeness (QED) is 0.774. The summed E-state index contributed by atoms with van der Waals surface area (Å²) in [4.78, 5) is 4.46. The number of nitrogens with zero attached hydrogens (tertiary/aromatic N) is 2. The fourth-order valence-electron chi connectivity index (χ4n) is 2.07. The summed E-state index contributed by atoms with van der Waals surface area (Å²) in [6.45, 7) is 8.51. The first-order chi connectivity index (χ1) is 7.93. The normalized spacial score (nSPS) is 10.9. The molecule has 0 aliphatic carbocycles. The van der Waals surface area contributed by atoms with Crippen molar-refractivity contribution < 1.29 is 0 Å².